The zero-order valence-corrected chi connectivity index (χ0v) is 11.3. The van der Waals surface area contributed by atoms with Crippen LogP contribution in [-0.4, -0.2) is 6.54 Å². The van der Waals surface area contributed by atoms with Gasteiger partial charge in [0.15, 0.2) is 0 Å². The molecular weight excluding hydrogens is 194 g/mol. The van der Waals surface area contributed by atoms with Gasteiger partial charge in [-0.25, -0.2) is 0 Å². The first-order valence-corrected chi connectivity index (χ1v) is 6.22. The Morgan fingerprint density at radius 2 is 1.69 bits per heavy atom. The van der Waals surface area contributed by atoms with Crippen molar-refractivity contribution in [1.82, 2.24) is 5.32 Å². The predicted octanol–water partition coefficient (Wildman–Crippen LogP) is 4.08. The lowest BCUT2D eigenvalue weighted by Crippen LogP contribution is -2.30. The lowest BCUT2D eigenvalue weighted by Gasteiger charge is -2.24. The van der Waals surface area contributed by atoms with Gasteiger partial charge in [0.05, 0.1) is 0 Å². The number of rotatable bonds is 4. The molecule has 0 aromatic heterocycles. The van der Waals surface area contributed by atoms with Gasteiger partial charge in [0.2, 0.25) is 0 Å². The van der Waals surface area contributed by atoms with Crippen molar-refractivity contribution in [3.63, 3.8) is 0 Å². The molecule has 0 aliphatic rings. The van der Waals surface area contributed by atoms with Crippen molar-refractivity contribution in [3.05, 3.63) is 35.4 Å². The predicted molar refractivity (Wildman–Crippen MR) is 71.7 cm³/mol. The molecule has 1 unspecified atom stereocenters. The number of hydrogen-bond acceptors (Lipinski definition) is 1. The molecule has 0 fully saturated rings. The average molecular weight is 219 g/mol. The molecule has 1 rings (SSSR count). The van der Waals surface area contributed by atoms with Crippen molar-refractivity contribution in [2.45, 2.75) is 47.1 Å². The van der Waals surface area contributed by atoms with E-state index in [9.17, 15) is 0 Å². The van der Waals surface area contributed by atoms with Gasteiger partial charge in [0.1, 0.15) is 0 Å². The molecule has 0 aliphatic carbocycles. The van der Waals surface area contributed by atoms with Gasteiger partial charge in [0, 0.05) is 12.6 Å². The fraction of sp³-hybridized carbons (Fsp3) is 0.600. The van der Waals surface area contributed by atoms with Crippen LogP contribution >= 0.6 is 0 Å². The van der Waals surface area contributed by atoms with Crippen LogP contribution in [0.15, 0.2) is 24.3 Å². The zero-order chi connectivity index (χ0) is 12.2. The maximum atomic E-state index is 3.65. The monoisotopic (exact) mass is 219 g/mol. The minimum Gasteiger partial charge on any atom is -0.309 e. The highest BCUT2D eigenvalue weighted by Crippen LogP contribution is 2.19. The van der Waals surface area contributed by atoms with Gasteiger partial charge in [-0.1, -0.05) is 57.5 Å². The Bertz CT molecular complexity index is 305. The van der Waals surface area contributed by atoms with Crippen LogP contribution in [0.2, 0.25) is 0 Å². The first-order valence-electron chi connectivity index (χ1n) is 6.22. The van der Waals surface area contributed by atoms with E-state index in [2.05, 4.69) is 64.2 Å². The van der Waals surface area contributed by atoms with Crippen LogP contribution in [0.3, 0.4) is 0 Å². The fourth-order valence-corrected chi connectivity index (χ4v) is 1.73. The highest BCUT2D eigenvalue weighted by atomic mass is 14.9. The quantitative estimate of drug-likeness (QED) is 0.804. The van der Waals surface area contributed by atoms with E-state index < -0.39 is 0 Å². The molecule has 1 nitrogen and oxygen atoms in total. The molecule has 90 valence electrons. The lowest BCUT2D eigenvalue weighted by atomic mass is 9.95. The van der Waals surface area contributed by atoms with Gasteiger partial charge in [-0.2, -0.15) is 0 Å². The SMILES string of the molecule is CCC(NCC(C)(C)C)c1ccc(C)cc1. The standard InChI is InChI=1S/C15H25N/c1-6-14(16-11-15(3,4)5)13-9-7-12(2)8-10-13/h7-10,14,16H,6,11H2,1-5H3. The van der Waals surface area contributed by atoms with Crippen molar-refractivity contribution in [2.75, 3.05) is 6.54 Å². The second-order valence-electron chi connectivity index (χ2n) is 5.81. The summed E-state index contributed by atoms with van der Waals surface area (Å²) in [5, 5.41) is 3.65. The Morgan fingerprint density at radius 3 is 2.12 bits per heavy atom. The minimum atomic E-state index is 0.345. The van der Waals surface area contributed by atoms with Gasteiger partial charge in [-0.15, -0.1) is 0 Å². The highest BCUT2D eigenvalue weighted by molar-refractivity contribution is 5.24. The number of hydrogen-bond donors (Lipinski definition) is 1. The number of benzene rings is 1. The summed E-state index contributed by atoms with van der Waals surface area (Å²) in [6.07, 6.45) is 1.14. The van der Waals surface area contributed by atoms with Gasteiger partial charge in [-0.05, 0) is 24.3 Å². The van der Waals surface area contributed by atoms with Gasteiger partial charge >= 0.3 is 0 Å². The molecule has 0 saturated heterocycles. The molecule has 0 saturated carbocycles. The molecule has 16 heavy (non-hydrogen) atoms. The summed E-state index contributed by atoms with van der Waals surface area (Å²) < 4.78 is 0. The topological polar surface area (TPSA) is 12.0 Å². The molecule has 0 bridgehead atoms. The van der Waals surface area contributed by atoms with Crippen molar-refractivity contribution in [3.8, 4) is 0 Å². The molecule has 1 heteroatoms. The normalized spacial score (nSPS) is 13.8. The minimum absolute atomic E-state index is 0.345. The van der Waals surface area contributed by atoms with Crippen molar-refractivity contribution in [1.29, 1.82) is 0 Å². The van der Waals surface area contributed by atoms with E-state index in [1.807, 2.05) is 0 Å². The third-order valence-electron chi connectivity index (χ3n) is 2.77. The second kappa shape index (κ2) is 5.49. The Kier molecular flexibility index (Phi) is 4.55. The van der Waals surface area contributed by atoms with Gasteiger partial charge in [-0.3, -0.25) is 0 Å². The maximum absolute atomic E-state index is 3.65. The first-order chi connectivity index (χ1) is 7.42. The summed E-state index contributed by atoms with van der Waals surface area (Å²) in [7, 11) is 0. The Hall–Kier alpha value is -0.820. The third kappa shape index (κ3) is 4.36. The van der Waals surface area contributed by atoms with E-state index in [4.69, 9.17) is 0 Å². The molecule has 1 N–H and O–H groups in total. The average Bonchev–Trinajstić information content (AvgIpc) is 2.20. The van der Waals surface area contributed by atoms with E-state index in [0.717, 1.165) is 13.0 Å². The third-order valence-corrected chi connectivity index (χ3v) is 2.77. The van der Waals surface area contributed by atoms with Crippen LogP contribution in [0.25, 0.3) is 0 Å². The fourth-order valence-electron chi connectivity index (χ4n) is 1.73. The van der Waals surface area contributed by atoms with E-state index in [1.165, 1.54) is 11.1 Å². The van der Waals surface area contributed by atoms with Crippen LogP contribution in [0.1, 0.15) is 51.3 Å². The summed E-state index contributed by atoms with van der Waals surface area (Å²) in [6, 6.07) is 9.34. The number of nitrogens with one attached hydrogen (secondary N) is 1. The molecule has 0 aliphatic heterocycles. The smallest absolute Gasteiger partial charge is 0.0317 e. The molecular formula is C15H25N. The number of aryl methyl sites for hydroxylation is 1. The second-order valence-corrected chi connectivity index (χ2v) is 5.81. The van der Waals surface area contributed by atoms with Crippen LogP contribution in [0, 0.1) is 12.3 Å². The Labute approximate surface area is 100 Å². The summed E-state index contributed by atoms with van der Waals surface area (Å²) in [4.78, 5) is 0. The van der Waals surface area contributed by atoms with Crippen LogP contribution in [0.5, 0.6) is 0 Å². The van der Waals surface area contributed by atoms with Crippen LogP contribution in [-0.2, 0) is 0 Å². The van der Waals surface area contributed by atoms with Gasteiger partial charge in [0.25, 0.3) is 0 Å². The molecule has 0 heterocycles. The Morgan fingerprint density at radius 1 is 1.12 bits per heavy atom. The maximum Gasteiger partial charge on any atom is 0.0317 e. The summed E-state index contributed by atoms with van der Waals surface area (Å²) in [6.45, 7) is 12.2. The molecule has 0 radical (unpaired) electrons. The van der Waals surface area contributed by atoms with Crippen molar-refractivity contribution < 1.29 is 0 Å². The largest absolute Gasteiger partial charge is 0.309 e. The van der Waals surface area contributed by atoms with Crippen LogP contribution in [0.4, 0.5) is 0 Å². The highest BCUT2D eigenvalue weighted by Gasteiger charge is 2.14. The first kappa shape index (κ1) is 13.2. The molecule has 1 aromatic rings. The van der Waals surface area contributed by atoms with Gasteiger partial charge < -0.3 is 5.32 Å². The molecule has 1 aromatic carbocycles. The van der Waals surface area contributed by atoms with Crippen LogP contribution < -0.4 is 5.32 Å². The lowest BCUT2D eigenvalue weighted by molar-refractivity contribution is 0.349. The van der Waals surface area contributed by atoms with E-state index in [1.54, 1.807) is 0 Å². The molecule has 0 amide bonds. The Balaban J connectivity index is 2.64. The molecule has 0 spiro atoms. The van der Waals surface area contributed by atoms with E-state index in [-0.39, 0.29) is 0 Å². The summed E-state index contributed by atoms with van der Waals surface area (Å²) in [5.74, 6) is 0. The van der Waals surface area contributed by atoms with E-state index in [0.29, 0.717) is 11.5 Å². The van der Waals surface area contributed by atoms with Crippen molar-refractivity contribution in [2.24, 2.45) is 5.41 Å². The summed E-state index contributed by atoms with van der Waals surface area (Å²) >= 11 is 0. The van der Waals surface area contributed by atoms with Crippen molar-refractivity contribution >= 4 is 0 Å². The molecule has 1 atom stereocenters. The summed E-state index contributed by atoms with van der Waals surface area (Å²) in [5.41, 5.74) is 3.07. The van der Waals surface area contributed by atoms with E-state index >= 15 is 0 Å². The zero-order valence-electron chi connectivity index (χ0n) is 11.3.